The van der Waals surface area contributed by atoms with Gasteiger partial charge < -0.3 is 9.64 Å². The van der Waals surface area contributed by atoms with E-state index < -0.39 is 0 Å². The van der Waals surface area contributed by atoms with Crippen LogP contribution in [0.3, 0.4) is 0 Å². The maximum absolute atomic E-state index is 12.6. The van der Waals surface area contributed by atoms with Gasteiger partial charge in [0.05, 0.1) is 11.5 Å². The lowest BCUT2D eigenvalue weighted by molar-refractivity contribution is -0.143. The van der Waals surface area contributed by atoms with Gasteiger partial charge in [0.25, 0.3) is 5.91 Å². The Bertz CT molecular complexity index is 490. The minimum atomic E-state index is -0.337. The summed E-state index contributed by atoms with van der Waals surface area (Å²) >= 11 is 3.49. The molecule has 2 rings (SSSR count). The van der Waals surface area contributed by atoms with Gasteiger partial charge in [-0.05, 0) is 37.1 Å². The topological polar surface area (TPSA) is 46.6 Å². The minimum absolute atomic E-state index is 0.0395. The zero-order chi connectivity index (χ0) is 15.2. The Hall–Kier alpha value is -1.01. The van der Waals surface area contributed by atoms with Gasteiger partial charge in [-0.15, -0.1) is 11.3 Å². The zero-order valence-electron chi connectivity index (χ0n) is 12.5. The van der Waals surface area contributed by atoms with E-state index in [1.807, 2.05) is 24.8 Å². The van der Waals surface area contributed by atoms with Gasteiger partial charge in [-0.3, -0.25) is 9.59 Å². The lowest BCUT2D eigenvalue weighted by Crippen LogP contribution is -2.36. The van der Waals surface area contributed by atoms with Crippen LogP contribution in [0.25, 0.3) is 0 Å². The number of amides is 1. The summed E-state index contributed by atoms with van der Waals surface area (Å²) in [5, 5.41) is 0. The first-order valence-electron chi connectivity index (χ1n) is 7.29. The number of carbonyl (C=O) groups excluding carboxylic acids is 2. The van der Waals surface area contributed by atoms with Crippen molar-refractivity contribution in [3.63, 3.8) is 0 Å². The maximum Gasteiger partial charge on any atom is 0.325 e. The van der Waals surface area contributed by atoms with Crippen molar-refractivity contribution in [2.75, 3.05) is 25.4 Å². The highest BCUT2D eigenvalue weighted by molar-refractivity contribution is 7.98. The number of rotatable bonds is 6. The van der Waals surface area contributed by atoms with Gasteiger partial charge in [-0.2, -0.15) is 11.8 Å². The molecule has 0 saturated carbocycles. The molecule has 0 atom stereocenters. The molecule has 1 aromatic heterocycles. The van der Waals surface area contributed by atoms with Crippen molar-refractivity contribution in [3.8, 4) is 0 Å². The number of esters is 1. The summed E-state index contributed by atoms with van der Waals surface area (Å²) in [7, 11) is 0. The van der Waals surface area contributed by atoms with Crippen molar-refractivity contribution in [1.29, 1.82) is 0 Å². The molecule has 1 amide bonds. The number of nitrogens with zero attached hydrogens (tertiary/aromatic N) is 1. The number of thiophene rings is 1. The van der Waals surface area contributed by atoms with Crippen molar-refractivity contribution in [1.82, 2.24) is 4.90 Å². The van der Waals surface area contributed by atoms with Gasteiger partial charge in [-0.25, -0.2) is 0 Å². The van der Waals surface area contributed by atoms with E-state index in [0.717, 1.165) is 29.2 Å². The quantitative estimate of drug-likeness (QED) is 0.754. The highest BCUT2D eigenvalue weighted by Gasteiger charge is 2.23. The van der Waals surface area contributed by atoms with Crippen molar-refractivity contribution in [3.05, 3.63) is 21.4 Å². The van der Waals surface area contributed by atoms with Crippen LogP contribution in [0, 0.1) is 0 Å². The lowest BCUT2D eigenvalue weighted by Gasteiger charge is -2.20. The monoisotopic (exact) mass is 327 g/mol. The fourth-order valence-electron chi connectivity index (χ4n) is 2.29. The first-order valence-corrected chi connectivity index (χ1v) is 9.27. The summed E-state index contributed by atoms with van der Waals surface area (Å²) < 4.78 is 4.95. The molecule has 1 aliphatic rings. The molecule has 0 aliphatic carbocycles. The molecule has 0 bridgehead atoms. The summed E-state index contributed by atoms with van der Waals surface area (Å²) in [5.74, 6) is 1.73. The van der Waals surface area contributed by atoms with E-state index in [1.165, 1.54) is 10.4 Å². The molecule has 116 valence electrons. The number of ether oxygens (including phenoxy) is 1. The second-order valence-corrected chi connectivity index (χ2v) is 7.14. The predicted octanol–water partition coefficient (Wildman–Crippen LogP) is 2.95. The van der Waals surface area contributed by atoms with Crippen molar-refractivity contribution in [2.24, 2.45) is 0 Å². The molecule has 0 N–H and O–H groups in total. The molecule has 0 saturated heterocycles. The Labute approximate surface area is 133 Å². The maximum atomic E-state index is 12.6. The van der Waals surface area contributed by atoms with E-state index in [2.05, 4.69) is 0 Å². The van der Waals surface area contributed by atoms with Crippen LogP contribution < -0.4 is 0 Å². The second kappa shape index (κ2) is 7.84. The average molecular weight is 327 g/mol. The number of hydrogen-bond donors (Lipinski definition) is 0. The first-order chi connectivity index (χ1) is 10.2. The molecule has 21 heavy (non-hydrogen) atoms. The van der Waals surface area contributed by atoms with Crippen LogP contribution in [-0.2, 0) is 21.7 Å². The third kappa shape index (κ3) is 4.23. The molecule has 0 fully saturated rings. The van der Waals surface area contributed by atoms with Crippen molar-refractivity contribution >= 4 is 35.0 Å². The van der Waals surface area contributed by atoms with Crippen LogP contribution in [-0.4, -0.2) is 42.2 Å². The Kier molecular flexibility index (Phi) is 6.11. The molecule has 1 aromatic rings. The number of thioether (sulfide) groups is 1. The van der Waals surface area contributed by atoms with E-state index in [0.29, 0.717) is 13.2 Å². The highest BCUT2D eigenvalue weighted by Crippen LogP contribution is 2.32. The van der Waals surface area contributed by atoms with Gasteiger partial charge in [0, 0.05) is 17.2 Å². The number of carbonyl (C=O) groups is 2. The van der Waals surface area contributed by atoms with Crippen LogP contribution in [0.1, 0.15) is 40.4 Å². The van der Waals surface area contributed by atoms with E-state index in [1.54, 1.807) is 23.2 Å². The summed E-state index contributed by atoms with van der Waals surface area (Å²) in [4.78, 5) is 27.9. The Morgan fingerprint density at radius 1 is 1.38 bits per heavy atom. The fraction of sp³-hybridized carbons (Fsp3) is 0.600. The minimum Gasteiger partial charge on any atom is -0.465 e. The average Bonchev–Trinajstić information content (AvgIpc) is 2.90. The van der Waals surface area contributed by atoms with Gasteiger partial charge >= 0.3 is 5.97 Å². The largest absolute Gasteiger partial charge is 0.465 e. The molecular weight excluding hydrogens is 306 g/mol. The van der Waals surface area contributed by atoms with E-state index >= 15 is 0 Å². The summed E-state index contributed by atoms with van der Waals surface area (Å²) in [5.41, 5.74) is 1.28. The summed E-state index contributed by atoms with van der Waals surface area (Å²) in [6.07, 6.45) is 1.87. The van der Waals surface area contributed by atoms with Crippen LogP contribution in [0.2, 0.25) is 0 Å². The summed E-state index contributed by atoms with van der Waals surface area (Å²) in [6, 6.07) is 2.00. The van der Waals surface area contributed by atoms with Gasteiger partial charge in [0.2, 0.25) is 0 Å². The van der Waals surface area contributed by atoms with Crippen molar-refractivity contribution < 1.29 is 14.3 Å². The molecule has 1 aliphatic heterocycles. The van der Waals surface area contributed by atoms with Gasteiger partial charge in [0.15, 0.2) is 0 Å². The zero-order valence-corrected chi connectivity index (χ0v) is 14.1. The number of aryl methyl sites for hydroxylation is 1. The molecule has 0 radical (unpaired) electrons. The normalized spacial score (nSPS) is 13.6. The van der Waals surface area contributed by atoms with Gasteiger partial charge in [0.1, 0.15) is 6.54 Å². The standard InChI is InChI=1S/C15H21NO3S2/c1-3-6-16(9-14(17)19-4-2)15(18)13-8-11-10-20-7-5-12(11)21-13/h8H,3-7,9-10H2,1-2H3. The highest BCUT2D eigenvalue weighted by atomic mass is 32.2. The van der Waals surface area contributed by atoms with E-state index in [-0.39, 0.29) is 18.4 Å². The SMILES string of the molecule is CCCN(CC(=O)OCC)C(=O)c1cc2c(s1)CCSC2. The molecule has 4 nitrogen and oxygen atoms in total. The van der Waals surface area contributed by atoms with Crippen LogP contribution in [0.5, 0.6) is 0 Å². The smallest absolute Gasteiger partial charge is 0.325 e. The summed E-state index contributed by atoms with van der Waals surface area (Å²) in [6.45, 7) is 4.74. The molecule has 0 aromatic carbocycles. The van der Waals surface area contributed by atoms with Gasteiger partial charge in [-0.1, -0.05) is 6.92 Å². The Morgan fingerprint density at radius 2 is 2.19 bits per heavy atom. The van der Waals surface area contributed by atoms with Crippen LogP contribution >= 0.6 is 23.1 Å². The first kappa shape index (κ1) is 16.4. The molecule has 6 heteroatoms. The molecule has 0 unspecified atom stereocenters. The van der Waals surface area contributed by atoms with Crippen LogP contribution in [0.4, 0.5) is 0 Å². The molecular formula is C15H21NO3S2. The van der Waals surface area contributed by atoms with Crippen molar-refractivity contribution in [2.45, 2.75) is 32.4 Å². The lowest BCUT2D eigenvalue weighted by atomic mass is 10.2. The van der Waals surface area contributed by atoms with E-state index in [9.17, 15) is 9.59 Å². The fourth-order valence-corrected chi connectivity index (χ4v) is 4.63. The predicted molar refractivity (Wildman–Crippen MR) is 87.0 cm³/mol. The third-order valence-corrected chi connectivity index (χ3v) is 5.48. The Morgan fingerprint density at radius 3 is 2.86 bits per heavy atom. The molecule has 2 heterocycles. The molecule has 0 spiro atoms. The number of hydrogen-bond acceptors (Lipinski definition) is 5. The van der Waals surface area contributed by atoms with Crippen LogP contribution in [0.15, 0.2) is 6.07 Å². The Balaban J connectivity index is 2.10. The van der Waals surface area contributed by atoms with E-state index in [4.69, 9.17) is 4.74 Å². The third-order valence-electron chi connectivity index (χ3n) is 3.24. The number of fused-ring (bicyclic) bond motifs is 1. The second-order valence-electron chi connectivity index (χ2n) is 4.89.